The molecule has 1 heterocycles. The van der Waals surface area contributed by atoms with E-state index in [1.807, 2.05) is 0 Å². The van der Waals surface area contributed by atoms with Crippen LogP contribution >= 0.6 is 0 Å². The average molecular weight is 520 g/mol. The van der Waals surface area contributed by atoms with Gasteiger partial charge in [-0.3, -0.25) is 14.4 Å². The van der Waals surface area contributed by atoms with E-state index in [0.717, 1.165) is 31.5 Å². The predicted octanol–water partition coefficient (Wildman–Crippen LogP) is 0.939. The first-order valence-electron chi connectivity index (χ1n) is 11.3. The Labute approximate surface area is 211 Å². The lowest BCUT2D eigenvalue weighted by atomic mass is 9.98. The monoisotopic (exact) mass is 520 g/mol. The number of benzene rings is 2. The van der Waals surface area contributed by atoms with Crippen molar-refractivity contribution in [1.82, 2.24) is 0 Å². The fourth-order valence-corrected chi connectivity index (χ4v) is 3.79. The van der Waals surface area contributed by atoms with Crippen molar-refractivity contribution in [2.45, 2.75) is 57.4 Å². The van der Waals surface area contributed by atoms with Crippen LogP contribution < -0.4 is 4.74 Å². The van der Waals surface area contributed by atoms with Crippen LogP contribution in [0.1, 0.15) is 36.2 Å². The molecule has 200 valence electrons. The van der Waals surface area contributed by atoms with Crippen LogP contribution in [-0.2, 0) is 30.2 Å². The van der Waals surface area contributed by atoms with Crippen LogP contribution in [0.15, 0.2) is 36.4 Å². The quantitative estimate of drug-likeness (QED) is 0.233. The van der Waals surface area contributed by atoms with E-state index in [1.165, 1.54) is 12.1 Å². The Bertz CT molecular complexity index is 1130. The molecule has 0 radical (unpaired) electrons. The molecular formula is C25H28O12. The number of ketones is 1. The van der Waals surface area contributed by atoms with Gasteiger partial charge in [-0.15, -0.1) is 0 Å². The zero-order valence-electron chi connectivity index (χ0n) is 20.1. The number of aromatic hydroxyl groups is 3. The maximum absolute atomic E-state index is 13.1. The van der Waals surface area contributed by atoms with Gasteiger partial charge < -0.3 is 44.5 Å². The first-order chi connectivity index (χ1) is 17.5. The summed E-state index contributed by atoms with van der Waals surface area (Å²) in [6.07, 6.45) is -7.71. The second-order valence-corrected chi connectivity index (χ2v) is 8.45. The summed E-state index contributed by atoms with van der Waals surface area (Å²) in [6, 6.07) is 8.16. The Kier molecular flexibility index (Phi) is 8.92. The summed E-state index contributed by atoms with van der Waals surface area (Å²) in [5.41, 5.74) is 0.432. The number of esters is 2. The Morgan fingerprint density at radius 2 is 1.59 bits per heavy atom. The van der Waals surface area contributed by atoms with E-state index in [0.29, 0.717) is 0 Å². The van der Waals surface area contributed by atoms with Gasteiger partial charge in [-0.2, -0.15) is 0 Å². The fraction of sp³-hybridized carbons (Fsp3) is 0.400. The molecule has 2 aromatic carbocycles. The first-order valence-corrected chi connectivity index (χ1v) is 11.3. The zero-order chi connectivity index (χ0) is 27.3. The number of carbonyl (C=O) groups excluding carboxylic acids is 3. The molecule has 0 unspecified atom stereocenters. The number of hydrogen-bond donors (Lipinski definition) is 5. The van der Waals surface area contributed by atoms with Gasteiger partial charge in [0.2, 0.25) is 6.29 Å². The lowest BCUT2D eigenvalue weighted by Gasteiger charge is -2.41. The third-order valence-corrected chi connectivity index (χ3v) is 5.56. The highest BCUT2D eigenvalue weighted by molar-refractivity contribution is 6.01. The van der Waals surface area contributed by atoms with Gasteiger partial charge in [0.25, 0.3) is 0 Å². The Balaban J connectivity index is 1.88. The molecule has 1 aliphatic heterocycles. The smallest absolute Gasteiger partial charge is 0.303 e. The van der Waals surface area contributed by atoms with Crippen LogP contribution in [-0.4, -0.2) is 80.6 Å². The number of aliphatic hydroxyl groups excluding tert-OH is 2. The summed E-state index contributed by atoms with van der Waals surface area (Å²) in [5.74, 6) is -3.42. The first kappa shape index (κ1) is 27.7. The lowest BCUT2D eigenvalue weighted by molar-refractivity contribution is -0.282. The number of ether oxygens (including phenoxy) is 4. The summed E-state index contributed by atoms with van der Waals surface area (Å²) in [4.78, 5) is 35.9. The van der Waals surface area contributed by atoms with Crippen molar-refractivity contribution in [3.8, 4) is 23.0 Å². The van der Waals surface area contributed by atoms with Gasteiger partial charge >= 0.3 is 11.9 Å². The standard InChI is InChI=1S/C25H28O12/c1-12(26)34-11-20-22(32)23(33)24(35-13(2)27)25(37-20)36-19-10-16(29)9-18(31)21(19)17(30)8-5-14-3-6-15(28)7-4-14/h3-4,6-7,9-10,20,22-25,28-29,31-33H,5,8,11H2,1-2H3/t20-,22-,23+,24-,25-/m1/s1. The Morgan fingerprint density at radius 1 is 0.919 bits per heavy atom. The second-order valence-electron chi connectivity index (χ2n) is 8.45. The number of carbonyl (C=O) groups is 3. The van der Waals surface area contributed by atoms with Gasteiger partial charge in [0.1, 0.15) is 53.5 Å². The number of phenols is 3. The van der Waals surface area contributed by atoms with Crippen molar-refractivity contribution in [2.24, 2.45) is 0 Å². The van der Waals surface area contributed by atoms with Gasteiger partial charge in [0, 0.05) is 32.4 Å². The predicted molar refractivity (Wildman–Crippen MR) is 124 cm³/mol. The summed E-state index contributed by atoms with van der Waals surface area (Å²) in [6.45, 7) is 1.72. The number of rotatable bonds is 9. The van der Waals surface area contributed by atoms with E-state index in [-0.39, 0.29) is 29.9 Å². The molecule has 0 aliphatic carbocycles. The number of phenolic OH excluding ortho intramolecular Hbond substituents is 3. The van der Waals surface area contributed by atoms with Crippen LogP contribution in [0.25, 0.3) is 0 Å². The highest BCUT2D eigenvalue weighted by atomic mass is 16.7. The van der Waals surface area contributed by atoms with Crippen LogP contribution in [0.3, 0.4) is 0 Å². The number of aliphatic hydroxyl groups is 2. The van der Waals surface area contributed by atoms with E-state index in [1.54, 1.807) is 12.1 Å². The van der Waals surface area contributed by atoms with Crippen molar-refractivity contribution in [3.05, 3.63) is 47.5 Å². The van der Waals surface area contributed by atoms with Gasteiger partial charge in [-0.05, 0) is 24.1 Å². The molecule has 0 saturated carbocycles. The molecule has 1 saturated heterocycles. The molecule has 12 nitrogen and oxygen atoms in total. The van der Waals surface area contributed by atoms with Gasteiger partial charge in [-0.1, -0.05) is 12.1 Å². The average Bonchev–Trinajstić information content (AvgIpc) is 2.81. The van der Waals surface area contributed by atoms with Gasteiger partial charge in [0.15, 0.2) is 11.9 Å². The molecule has 0 amide bonds. The molecule has 3 rings (SSSR count). The highest BCUT2D eigenvalue weighted by Gasteiger charge is 2.48. The summed E-state index contributed by atoms with van der Waals surface area (Å²) < 4.78 is 21.2. The van der Waals surface area contributed by atoms with Crippen molar-refractivity contribution in [2.75, 3.05) is 6.61 Å². The second kappa shape index (κ2) is 11.9. The van der Waals surface area contributed by atoms with E-state index in [2.05, 4.69) is 0 Å². The molecule has 0 aromatic heterocycles. The minimum atomic E-state index is -1.73. The van der Waals surface area contributed by atoms with E-state index >= 15 is 0 Å². The molecule has 5 N–H and O–H groups in total. The summed E-state index contributed by atoms with van der Waals surface area (Å²) in [5, 5.41) is 50.8. The SMILES string of the molecule is CC(=O)OC[C@H]1O[C@@H](Oc2cc(O)cc(O)c2C(=O)CCc2ccc(O)cc2)[C@H](OC(C)=O)[C@@H](O)[C@@H]1O. The van der Waals surface area contributed by atoms with Crippen LogP contribution in [0.2, 0.25) is 0 Å². The molecule has 1 fully saturated rings. The molecule has 2 aromatic rings. The molecule has 0 bridgehead atoms. The van der Waals surface area contributed by atoms with Crippen molar-refractivity contribution in [1.29, 1.82) is 0 Å². The normalized spacial score (nSPS) is 23.2. The van der Waals surface area contributed by atoms with Crippen LogP contribution in [0, 0.1) is 0 Å². The number of aryl methyl sites for hydroxylation is 1. The van der Waals surface area contributed by atoms with Crippen LogP contribution in [0.5, 0.6) is 23.0 Å². The zero-order valence-corrected chi connectivity index (χ0v) is 20.1. The topological polar surface area (TPSA) is 189 Å². The molecule has 12 heteroatoms. The fourth-order valence-electron chi connectivity index (χ4n) is 3.79. The maximum Gasteiger partial charge on any atom is 0.303 e. The molecule has 1 aliphatic rings. The van der Waals surface area contributed by atoms with Gasteiger partial charge in [-0.25, -0.2) is 0 Å². The third-order valence-electron chi connectivity index (χ3n) is 5.56. The third kappa shape index (κ3) is 7.09. The van der Waals surface area contributed by atoms with E-state index in [9.17, 15) is 39.9 Å². The highest BCUT2D eigenvalue weighted by Crippen LogP contribution is 2.37. The minimum absolute atomic E-state index is 0.0658. The molecule has 0 spiro atoms. The number of Topliss-reactive ketones (excluding diaryl/α,β-unsaturated/α-hetero) is 1. The van der Waals surface area contributed by atoms with Crippen LogP contribution in [0.4, 0.5) is 0 Å². The Morgan fingerprint density at radius 3 is 2.22 bits per heavy atom. The number of hydrogen-bond acceptors (Lipinski definition) is 12. The summed E-state index contributed by atoms with van der Waals surface area (Å²) >= 11 is 0. The molecule has 5 atom stereocenters. The minimum Gasteiger partial charge on any atom is -0.508 e. The van der Waals surface area contributed by atoms with Gasteiger partial charge in [0.05, 0.1) is 0 Å². The van der Waals surface area contributed by atoms with E-state index < -0.39 is 66.5 Å². The van der Waals surface area contributed by atoms with E-state index in [4.69, 9.17) is 18.9 Å². The summed E-state index contributed by atoms with van der Waals surface area (Å²) in [7, 11) is 0. The largest absolute Gasteiger partial charge is 0.508 e. The maximum atomic E-state index is 13.1. The van der Waals surface area contributed by atoms with Crippen molar-refractivity contribution in [3.63, 3.8) is 0 Å². The Hall–Kier alpha value is -3.87. The molecular weight excluding hydrogens is 492 g/mol. The van der Waals surface area contributed by atoms with Crippen molar-refractivity contribution < 1.29 is 58.9 Å². The van der Waals surface area contributed by atoms with Crippen molar-refractivity contribution >= 4 is 17.7 Å². The lowest BCUT2D eigenvalue weighted by Crippen LogP contribution is -2.61. The molecule has 37 heavy (non-hydrogen) atoms.